The molecular weight excluding hydrogens is 286 g/mol. The summed E-state index contributed by atoms with van der Waals surface area (Å²) >= 11 is 2.65. The zero-order chi connectivity index (χ0) is 13.7. The molecule has 1 aliphatic heterocycles. The molecule has 0 radical (unpaired) electrons. The van der Waals surface area contributed by atoms with Crippen LogP contribution in [-0.4, -0.2) is 52.8 Å². The second kappa shape index (κ2) is 7.06. The second-order valence-electron chi connectivity index (χ2n) is 4.21. The molecule has 0 aromatic carbocycles. The van der Waals surface area contributed by atoms with Crippen LogP contribution in [0.25, 0.3) is 0 Å². The van der Waals surface area contributed by atoms with Crippen molar-refractivity contribution in [3.05, 3.63) is 0 Å². The fourth-order valence-corrected chi connectivity index (χ4v) is 3.52. The van der Waals surface area contributed by atoms with Gasteiger partial charge in [-0.2, -0.15) is 0 Å². The third kappa shape index (κ3) is 4.32. The molecule has 1 unspecified atom stereocenters. The molecule has 1 aromatic rings. The van der Waals surface area contributed by atoms with Gasteiger partial charge < -0.3 is 14.7 Å². The van der Waals surface area contributed by atoms with Crippen molar-refractivity contribution in [3.63, 3.8) is 0 Å². The number of aromatic nitrogens is 2. The maximum atomic E-state index is 10.5. The van der Waals surface area contributed by atoms with E-state index in [2.05, 4.69) is 22.0 Å². The van der Waals surface area contributed by atoms with E-state index < -0.39 is 5.97 Å². The van der Waals surface area contributed by atoms with Gasteiger partial charge in [0.25, 0.3) is 0 Å². The SMILES string of the molecule is CCN(CC1CCCO1)c1nnc(SCC(=O)O)s1. The largest absolute Gasteiger partial charge is 0.481 e. The van der Waals surface area contributed by atoms with Crippen LogP contribution in [0.1, 0.15) is 19.8 Å². The Labute approximate surface area is 120 Å². The molecule has 1 saturated heterocycles. The van der Waals surface area contributed by atoms with Gasteiger partial charge >= 0.3 is 5.97 Å². The number of hydrogen-bond donors (Lipinski definition) is 1. The van der Waals surface area contributed by atoms with E-state index in [-0.39, 0.29) is 11.9 Å². The number of nitrogens with zero attached hydrogens (tertiary/aromatic N) is 3. The number of aliphatic carboxylic acids is 1. The molecule has 0 saturated carbocycles. The van der Waals surface area contributed by atoms with Crippen LogP contribution < -0.4 is 4.90 Å². The fourth-order valence-electron chi connectivity index (χ4n) is 1.89. The van der Waals surface area contributed by atoms with Crippen LogP contribution in [-0.2, 0) is 9.53 Å². The van der Waals surface area contributed by atoms with Crippen LogP contribution in [0.5, 0.6) is 0 Å². The Kier molecular flexibility index (Phi) is 5.41. The molecule has 0 bridgehead atoms. The Bertz CT molecular complexity index is 421. The molecular formula is C11H17N3O3S2. The third-order valence-electron chi connectivity index (χ3n) is 2.82. The van der Waals surface area contributed by atoms with Crippen molar-refractivity contribution in [3.8, 4) is 0 Å². The van der Waals surface area contributed by atoms with Crippen LogP contribution in [0.15, 0.2) is 4.34 Å². The highest BCUT2D eigenvalue weighted by atomic mass is 32.2. The quantitative estimate of drug-likeness (QED) is 0.769. The van der Waals surface area contributed by atoms with E-state index in [1.807, 2.05) is 0 Å². The molecule has 2 heterocycles. The van der Waals surface area contributed by atoms with E-state index in [1.165, 1.54) is 23.1 Å². The average Bonchev–Trinajstić information content (AvgIpc) is 3.04. The topological polar surface area (TPSA) is 75.5 Å². The first-order valence-corrected chi connectivity index (χ1v) is 8.04. The fraction of sp³-hybridized carbons (Fsp3) is 0.727. The first kappa shape index (κ1) is 14.5. The van der Waals surface area contributed by atoms with Gasteiger partial charge in [-0.25, -0.2) is 0 Å². The summed E-state index contributed by atoms with van der Waals surface area (Å²) in [5, 5.41) is 17.6. The number of carboxylic acid groups (broad SMARTS) is 1. The van der Waals surface area contributed by atoms with E-state index in [0.29, 0.717) is 4.34 Å². The van der Waals surface area contributed by atoms with Gasteiger partial charge in [0.05, 0.1) is 11.9 Å². The minimum absolute atomic E-state index is 0.0203. The first-order chi connectivity index (χ1) is 9.19. The number of hydrogen-bond acceptors (Lipinski definition) is 7. The van der Waals surface area contributed by atoms with E-state index in [1.54, 1.807) is 0 Å². The zero-order valence-corrected chi connectivity index (χ0v) is 12.4. The number of rotatable bonds is 7. The molecule has 6 nitrogen and oxygen atoms in total. The number of likely N-dealkylation sites (N-methyl/N-ethyl adjacent to an activating group) is 1. The summed E-state index contributed by atoms with van der Waals surface area (Å²) in [6, 6.07) is 0. The highest BCUT2D eigenvalue weighted by Gasteiger charge is 2.21. The lowest BCUT2D eigenvalue weighted by molar-refractivity contribution is -0.133. The minimum atomic E-state index is -0.839. The third-order valence-corrected chi connectivity index (χ3v) is 4.92. The molecule has 19 heavy (non-hydrogen) atoms. The molecule has 8 heteroatoms. The smallest absolute Gasteiger partial charge is 0.313 e. The summed E-state index contributed by atoms with van der Waals surface area (Å²) in [4.78, 5) is 12.6. The van der Waals surface area contributed by atoms with Crippen molar-refractivity contribution >= 4 is 34.2 Å². The lowest BCUT2D eigenvalue weighted by Gasteiger charge is -2.22. The minimum Gasteiger partial charge on any atom is -0.481 e. The maximum Gasteiger partial charge on any atom is 0.313 e. The van der Waals surface area contributed by atoms with E-state index in [9.17, 15) is 4.79 Å². The molecule has 1 aliphatic rings. The summed E-state index contributed by atoms with van der Waals surface area (Å²) < 4.78 is 6.32. The lowest BCUT2D eigenvalue weighted by atomic mass is 10.2. The normalized spacial score (nSPS) is 18.7. The predicted molar refractivity (Wildman–Crippen MR) is 75.1 cm³/mol. The van der Waals surface area contributed by atoms with Gasteiger partial charge in [0.1, 0.15) is 0 Å². The Morgan fingerprint density at radius 3 is 3.11 bits per heavy atom. The summed E-state index contributed by atoms with van der Waals surface area (Å²) in [5.41, 5.74) is 0. The number of carboxylic acids is 1. The summed E-state index contributed by atoms with van der Waals surface area (Å²) in [6.07, 6.45) is 2.49. The molecule has 1 N–H and O–H groups in total. The van der Waals surface area contributed by atoms with Crippen molar-refractivity contribution in [2.24, 2.45) is 0 Å². The highest BCUT2D eigenvalue weighted by molar-refractivity contribution is 8.01. The van der Waals surface area contributed by atoms with Gasteiger partial charge in [0, 0.05) is 19.7 Å². The number of carbonyl (C=O) groups is 1. The van der Waals surface area contributed by atoms with Gasteiger partial charge in [0.15, 0.2) is 4.34 Å². The van der Waals surface area contributed by atoms with Crippen LogP contribution in [0.4, 0.5) is 5.13 Å². The lowest BCUT2D eigenvalue weighted by Crippen LogP contribution is -2.31. The highest BCUT2D eigenvalue weighted by Crippen LogP contribution is 2.28. The van der Waals surface area contributed by atoms with E-state index in [0.717, 1.165) is 37.7 Å². The monoisotopic (exact) mass is 303 g/mol. The Hall–Kier alpha value is -0.860. The standard InChI is InChI=1S/C11H17N3O3S2/c1-2-14(6-8-4-3-5-17-8)10-12-13-11(19-10)18-7-9(15)16/h8H,2-7H2,1H3,(H,15,16). The molecule has 2 rings (SSSR count). The van der Waals surface area contributed by atoms with Crippen molar-refractivity contribution in [1.82, 2.24) is 10.2 Å². The molecule has 1 fully saturated rings. The van der Waals surface area contributed by atoms with Crippen molar-refractivity contribution in [2.45, 2.75) is 30.2 Å². The van der Waals surface area contributed by atoms with Gasteiger partial charge in [-0.3, -0.25) is 4.79 Å². The Morgan fingerprint density at radius 2 is 2.47 bits per heavy atom. The van der Waals surface area contributed by atoms with Gasteiger partial charge in [-0.1, -0.05) is 23.1 Å². The Balaban J connectivity index is 1.92. The molecule has 106 valence electrons. The summed E-state index contributed by atoms with van der Waals surface area (Å²) in [6.45, 7) is 4.59. The van der Waals surface area contributed by atoms with Crippen molar-refractivity contribution in [1.29, 1.82) is 0 Å². The second-order valence-corrected chi connectivity index (χ2v) is 6.39. The van der Waals surface area contributed by atoms with Gasteiger partial charge in [0.2, 0.25) is 5.13 Å². The number of thioether (sulfide) groups is 1. The molecule has 1 atom stereocenters. The first-order valence-electron chi connectivity index (χ1n) is 6.23. The van der Waals surface area contributed by atoms with Crippen LogP contribution in [0.3, 0.4) is 0 Å². The zero-order valence-electron chi connectivity index (χ0n) is 10.7. The predicted octanol–water partition coefficient (Wildman–Crippen LogP) is 1.72. The summed E-state index contributed by atoms with van der Waals surface area (Å²) in [5.74, 6) is -0.819. The Morgan fingerprint density at radius 1 is 1.63 bits per heavy atom. The van der Waals surface area contributed by atoms with Crippen molar-refractivity contribution in [2.75, 3.05) is 30.3 Å². The van der Waals surface area contributed by atoms with Gasteiger partial charge in [-0.05, 0) is 19.8 Å². The average molecular weight is 303 g/mol. The maximum absolute atomic E-state index is 10.5. The number of ether oxygens (including phenoxy) is 1. The molecule has 0 aliphatic carbocycles. The van der Waals surface area contributed by atoms with Crippen molar-refractivity contribution < 1.29 is 14.6 Å². The van der Waals surface area contributed by atoms with Crippen LogP contribution in [0, 0.1) is 0 Å². The van der Waals surface area contributed by atoms with E-state index >= 15 is 0 Å². The van der Waals surface area contributed by atoms with E-state index in [4.69, 9.17) is 9.84 Å². The number of anilines is 1. The van der Waals surface area contributed by atoms with Crippen LogP contribution in [0.2, 0.25) is 0 Å². The molecule has 1 aromatic heterocycles. The molecule has 0 spiro atoms. The van der Waals surface area contributed by atoms with Crippen LogP contribution >= 0.6 is 23.1 Å². The van der Waals surface area contributed by atoms with Gasteiger partial charge in [-0.15, -0.1) is 10.2 Å². The summed E-state index contributed by atoms with van der Waals surface area (Å²) in [7, 11) is 0. The molecule has 0 amide bonds.